The number of sulfone groups is 1. The lowest BCUT2D eigenvalue weighted by Gasteiger charge is -2.41. The van der Waals surface area contributed by atoms with Crippen molar-refractivity contribution in [3.8, 4) is 0 Å². The molecule has 1 unspecified atom stereocenters. The van der Waals surface area contributed by atoms with Crippen molar-refractivity contribution in [3.05, 3.63) is 0 Å². The van der Waals surface area contributed by atoms with Gasteiger partial charge in [0, 0.05) is 13.1 Å². The lowest BCUT2D eigenvalue weighted by molar-refractivity contribution is -0.131. The van der Waals surface area contributed by atoms with Gasteiger partial charge in [-0.1, -0.05) is 0 Å². The highest BCUT2D eigenvalue weighted by Gasteiger charge is 2.49. The Hall–Kier alpha value is -0.670. The molecule has 19 heavy (non-hydrogen) atoms. The van der Waals surface area contributed by atoms with Crippen molar-refractivity contribution in [3.63, 3.8) is 0 Å². The summed E-state index contributed by atoms with van der Waals surface area (Å²) < 4.78 is 49.0. The molecule has 2 aliphatic rings. The average molecular weight is 310 g/mol. The zero-order valence-electron chi connectivity index (χ0n) is 10.9. The monoisotopic (exact) mass is 310 g/mol. The number of piperazine rings is 1. The van der Waals surface area contributed by atoms with Crippen molar-refractivity contribution < 1.29 is 21.6 Å². The summed E-state index contributed by atoms with van der Waals surface area (Å²) in [4.78, 5) is 11.8. The van der Waals surface area contributed by atoms with E-state index in [0.29, 0.717) is 0 Å². The van der Waals surface area contributed by atoms with Crippen LogP contribution in [0.1, 0.15) is 20.3 Å². The number of nitrogens with zero attached hydrogens (tertiary/aromatic N) is 1. The van der Waals surface area contributed by atoms with E-state index >= 15 is 0 Å². The molecule has 0 aromatic rings. The van der Waals surface area contributed by atoms with Gasteiger partial charge in [0.2, 0.25) is 15.9 Å². The van der Waals surface area contributed by atoms with E-state index in [2.05, 4.69) is 5.32 Å². The number of hydrogen-bond donors (Lipinski definition) is 1. The second-order valence-electron chi connectivity index (χ2n) is 5.46. The Morgan fingerprint density at radius 1 is 1.37 bits per heavy atom. The Balaban J connectivity index is 2.32. The van der Waals surface area contributed by atoms with Crippen molar-refractivity contribution in [2.75, 3.05) is 24.6 Å². The minimum Gasteiger partial charge on any atom is -0.353 e. The van der Waals surface area contributed by atoms with Gasteiger partial charge >= 0.3 is 0 Å². The molecule has 1 atom stereocenters. The molecule has 0 aliphatic carbocycles. The molecule has 2 saturated heterocycles. The van der Waals surface area contributed by atoms with Crippen LogP contribution in [0.25, 0.3) is 0 Å². The van der Waals surface area contributed by atoms with E-state index in [0.717, 1.165) is 4.31 Å². The third-order valence-electron chi connectivity index (χ3n) is 3.70. The van der Waals surface area contributed by atoms with Crippen LogP contribution in [0.15, 0.2) is 0 Å². The van der Waals surface area contributed by atoms with Crippen LogP contribution in [0, 0.1) is 0 Å². The van der Waals surface area contributed by atoms with Gasteiger partial charge in [-0.2, -0.15) is 4.31 Å². The van der Waals surface area contributed by atoms with Gasteiger partial charge in [0.05, 0.1) is 16.8 Å². The molecule has 110 valence electrons. The molecule has 0 aromatic heterocycles. The fraction of sp³-hybridized carbons (Fsp3) is 0.900. The van der Waals surface area contributed by atoms with Gasteiger partial charge in [0.15, 0.2) is 9.84 Å². The highest BCUT2D eigenvalue weighted by molar-refractivity contribution is 7.95. The van der Waals surface area contributed by atoms with Crippen molar-refractivity contribution >= 4 is 25.8 Å². The first kappa shape index (κ1) is 14.7. The molecule has 1 amide bonds. The summed E-state index contributed by atoms with van der Waals surface area (Å²) in [7, 11) is -7.05. The van der Waals surface area contributed by atoms with Crippen molar-refractivity contribution in [1.29, 1.82) is 0 Å². The molecule has 2 rings (SSSR count). The number of hydrogen-bond acceptors (Lipinski definition) is 5. The van der Waals surface area contributed by atoms with Crippen LogP contribution >= 0.6 is 0 Å². The molecule has 0 spiro atoms. The van der Waals surface area contributed by atoms with Crippen molar-refractivity contribution in [2.24, 2.45) is 0 Å². The lowest BCUT2D eigenvalue weighted by atomic mass is 10.0. The SMILES string of the molecule is CC1(C)C(=O)NCCN1S(=O)(=O)C1CCS(=O)(=O)C1. The van der Waals surface area contributed by atoms with E-state index in [9.17, 15) is 21.6 Å². The molecule has 2 fully saturated rings. The van der Waals surface area contributed by atoms with Crippen LogP contribution in [0.5, 0.6) is 0 Å². The maximum absolute atomic E-state index is 12.5. The van der Waals surface area contributed by atoms with Gasteiger partial charge in [-0.3, -0.25) is 4.79 Å². The van der Waals surface area contributed by atoms with Crippen molar-refractivity contribution in [2.45, 2.75) is 31.1 Å². The predicted octanol–water partition coefficient (Wildman–Crippen LogP) is -1.29. The van der Waals surface area contributed by atoms with Crippen LogP contribution in [-0.2, 0) is 24.7 Å². The second-order valence-corrected chi connectivity index (χ2v) is 9.82. The number of carbonyl (C=O) groups is 1. The molecule has 9 heteroatoms. The number of amides is 1. The maximum Gasteiger partial charge on any atom is 0.241 e. The highest BCUT2D eigenvalue weighted by atomic mass is 32.2. The van der Waals surface area contributed by atoms with E-state index in [1.807, 2.05) is 0 Å². The van der Waals surface area contributed by atoms with Crippen LogP contribution in [-0.4, -0.2) is 62.4 Å². The largest absolute Gasteiger partial charge is 0.353 e. The quantitative estimate of drug-likeness (QED) is 0.684. The van der Waals surface area contributed by atoms with Crippen LogP contribution in [0.2, 0.25) is 0 Å². The predicted molar refractivity (Wildman–Crippen MR) is 69.8 cm³/mol. The fourth-order valence-electron chi connectivity index (χ4n) is 2.50. The topological polar surface area (TPSA) is 101 Å². The number of rotatable bonds is 2. The van der Waals surface area contributed by atoms with Gasteiger partial charge in [-0.15, -0.1) is 0 Å². The summed E-state index contributed by atoms with van der Waals surface area (Å²) in [6.07, 6.45) is 0.110. The molecule has 2 heterocycles. The Kier molecular flexibility index (Phi) is 3.43. The third-order valence-corrected chi connectivity index (χ3v) is 8.18. The molecule has 1 N–H and O–H groups in total. The summed E-state index contributed by atoms with van der Waals surface area (Å²) in [5.74, 6) is -0.802. The highest BCUT2D eigenvalue weighted by Crippen LogP contribution is 2.28. The smallest absolute Gasteiger partial charge is 0.241 e. The summed E-state index contributed by atoms with van der Waals surface area (Å²) in [5.41, 5.74) is -1.18. The van der Waals surface area contributed by atoms with Crippen LogP contribution in [0.3, 0.4) is 0 Å². The van der Waals surface area contributed by atoms with E-state index in [1.54, 1.807) is 0 Å². The fourth-order valence-corrected chi connectivity index (χ4v) is 7.34. The summed E-state index contributed by atoms with van der Waals surface area (Å²) in [6, 6.07) is 0. The van der Waals surface area contributed by atoms with E-state index < -0.39 is 30.6 Å². The van der Waals surface area contributed by atoms with Crippen LogP contribution < -0.4 is 5.32 Å². The minimum absolute atomic E-state index is 0.0998. The minimum atomic E-state index is -3.78. The third kappa shape index (κ3) is 2.50. The average Bonchev–Trinajstić information content (AvgIpc) is 2.63. The van der Waals surface area contributed by atoms with Gasteiger partial charge in [-0.25, -0.2) is 16.8 Å². The first-order valence-electron chi connectivity index (χ1n) is 6.08. The molecule has 0 saturated carbocycles. The number of sulfonamides is 1. The molecule has 0 bridgehead atoms. The lowest BCUT2D eigenvalue weighted by Crippen LogP contribution is -2.64. The van der Waals surface area contributed by atoms with E-state index in [4.69, 9.17) is 0 Å². The standard InChI is InChI=1S/C10H18N2O5S2/c1-10(2)9(13)11-4-5-12(10)19(16,17)8-3-6-18(14,15)7-8/h8H,3-7H2,1-2H3,(H,11,13). The zero-order chi connectivity index (χ0) is 14.5. The van der Waals surface area contributed by atoms with Crippen LogP contribution in [0.4, 0.5) is 0 Å². The van der Waals surface area contributed by atoms with Crippen molar-refractivity contribution in [1.82, 2.24) is 9.62 Å². The Labute approximate surface area is 113 Å². The first-order valence-corrected chi connectivity index (χ1v) is 9.40. The van der Waals surface area contributed by atoms with E-state index in [-0.39, 0.29) is 36.9 Å². The normalized spacial score (nSPS) is 31.1. The summed E-state index contributed by atoms with van der Waals surface area (Å²) in [5, 5.41) is 1.69. The maximum atomic E-state index is 12.5. The zero-order valence-corrected chi connectivity index (χ0v) is 12.6. The number of nitrogens with one attached hydrogen (secondary N) is 1. The van der Waals surface area contributed by atoms with Gasteiger partial charge in [0.25, 0.3) is 0 Å². The molecular weight excluding hydrogens is 292 g/mol. The van der Waals surface area contributed by atoms with Gasteiger partial charge in [-0.05, 0) is 20.3 Å². The van der Waals surface area contributed by atoms with Gasteiger partial charge in [0.1, 0.15) is 5.54 Å². The molecule has 7 nitrogen and oxygen atoms in total. The summed E-state index contributed by atoms with van der Waals surface area (Å²) in [6.45, 7) is 3.49. The Morgan fingerprint density at radius 3 is 2.53 bits per heavy atom. The first-order chi connectivity index (χ1) is 8.57. The molecule has 0 radical (unpaired) electrons. The Bertz CT molecular complexity index is 593. The number of carbonyl (C=O) groups excluding carboxylic acids is 1. The second kappa shape index (κ2) is 4.42. The molecular formula is C10H18N2O5S2. The summed E-state index contributed by atoms with van der Waals surface area (Å²) >= 11 is 0. The molecule has 2 aliphatic heterocycles. The van der Waals surface area contributed by atoms with E-state index in [1.165, 1.54) is 13.8 Å². The Morgan fingerprint density at radius 2 is 2.00 bits per heavy atom. The van der Waals surface area contributed by atoms with Gasteiger partial charge < -0.3 is 5.32 Å². The molecule has 0 aromatic carbocycles.